The van der Waals surface area contributed by atoms with Gasteiger partial charge >= 0.3 is 6.03 Å². The first-order chi connectivity index (χ1) is 17.0. The summed E-state index contributed by atoms with van der Waals surface area (Å²) < 4.78 is 38.6. The number of rotatable bonds is 5. The number of hydrazine groups is 1. The van der Waals surface area contributed by atoms with Crippen LogP contribution in [-0.2, 0) is 19.6 Å². The second-order valence-electron chi connectivity index (χ2n) is 7.79. The third-order valence-electron chi connectivity index (χ3n) is 5.28. The van der Waals surface area contributed by atoms with Crippen molar-refractivity contribution in [3.05, 3.63) is 77.6 Å². The fourth-order valence-electron chi connectivity index (χ4n) is 3.60. The van der Waals surface area contributed by atoms with Crippen LogP contribution in [-0.4, -0.2) is 37.3 Å². The van der Waals surface area contributed by atoms with Crippen LogP contribution in [0.5, 0.6) is 0 Å². The summed E-state index contributed by atoms with van der Waals surface area (Å²) in [4.78, 5) is 37.3. The lowest BCUT2D eigenvalue weighted by molar-refractivity contribution is -0.121. The summed E-state index contributed by atoms with van der Waals surface area (Å²) in [5, 5.41) is 11.4. The Morgan fingerprint density at radius 3 is 2.42 bits per heavy atom. The van der Waals surface area contributed by atoms with Crippen LogP contribution in [0.1, 0.15) is 6.42 Å². The molecule has 1 heterocycles. The first-order valence-corrected chi connectivity index (χ1v) is 12.3. The van der Waals surface area contributed by atoms with Crippen molar-refractivity contribution in [1.29, 1.82) is 0 Å². The maximum atomic E-state index is 14.9. The molecule has 13 heteroatoms. The van der Waals surface area contributed by atoms with Crippen LogP contribution in [0, 0.1) is 5.82 Å². The van der Waals surface area contributed by atoms with Gasteiger partial charge in [0.25, 0.3) is 0 Å². The number of halogens is 2. The fourth-order valence-corrected chi connectivity index (χ4v) is 4.48. The van der Waals surface area contributed by atoms with Gasteiger partial charge in [0.2, 0.25) is 21.8 Å². The number of nitrogens with zero attached hydrogens (tertiary/aromatic N) is 1. The SMILES string of the molecule is NS(=O)(=O)c1ccccc1-c1ccc(NC(=O)C2CC(=O)NN2C(=O)Nc2ccc(Cl)cc2)c(F)c1. The van der Waals surface area contributed by atoms with E-state index in [1.807, 2.05) is 0 Å². The number of amides is 4. The van der Waals surface area contributed by atoms with Crippen molar-refractivity contribution in [1.82, 2.24) is 10.4 Å². The van der Waals surface area contributed by atoms with Crippen molar-refractivity contribution in [3.8, 4) is 11.1 Å². The van der Waals surface area contributed by atoms with Crippen molar-refractivity contribution < 1.29 is 27.2 Å². The van der Waals surface area contributed by atoms with Crippen LogP contribution in [0.15, 0.2) is 71.6 Å². The van der Waals surface area contributed by atoms with Gasteiger partial charge in [-0.2, -0.15) is 0 Å². The second-order valence-corrected chi connectivity index (χ2v) is 9.75. The summed E-state index contributed by atoms with van der Waals surface area (Å²) in [5.41, 5.74) is 2.86. The molecular weight excluding hydrogens is 513 g/mol. The van der Waals surface area contributed by atoms with Crippen LogP contribution in [0.2, 0.25) is 5.02 Å². The van der Waals surface area contributed by atoms with Crippen LogP contribution in [0.4, 0.5) is 20.6 Å². The average molecular weight is 532 g/mol. The molecule has 3 aromatic rings. The Labute approximate surface area is 210 Å². The van der Waals surface area contributed by atoms with Crippen LogP contribution in [0.3, 0.4) is 0 Å². The van der Waals surface area contributed by atoms with Crippen LogP contribution in [0.25, 0.3) is 11.1 Å². The van der Waals surface area contributed by atoms with Gasteiger partial charge in [-0.15, -0.1) is 0 Å². The molecule has 0 aliphatic carbocycles. The van der Waals surface area contributed by atoms with Gasteiger partial charge in [-0.1, -0.05) is 35.9 Å². The quantitative estimate of drug-likeness (QED) is 0.399. The Morgan fingerprint density at radius 2 is 1.75 bits per heavy atom. The minimum atomic E-state index is -4.06. The molecule has 0 bridgehead atoms. The molecule has 0 saturated carbocycles. The van der Waals surface area contributed by atoms with E-state index in [1.165, 1.54) is 42.5 Å². The molecule has 0 spiro atoms. The third kappa shape index (κ3) is 5.46. The molecule has 1 unspecified atom stereocenters. The number of hydrogen-bond acceptors (Lipinski definition) is 5. The summed E-state index contributed by atoms with van der Waals surface area (Å²) in [6.07, 6.45) is -0.332. The average Bonchev–Trinajstić information content (AvgIpc) is 3.23. The van der Waals surface area contributed by atoms with Gasteiger partial charge < -0.3 is 10.6 Å². The lowest BCUT2D eigenvalue weighted by Gasteiger charge is -2.23. The summed E-state index contributed by atoms with van der Waals surface area (Å²) in [5.74, 6) is -2.24. The topological polar surface area (TPSA) is 151 Å². The second kappa shape index (κ2) is 9.93. The number of sulfonamides is 1. The van der Waals surface area contributed by atoms with E-state index in [0.29, 0.717) is 10.7 Å². The molecule has 4 amide bonds. The first kappa shape index (κ1) is 25.1. The minimum Gasteiger partial charge on any atom is -0.322 e. The number of anilines is 2. The van der Waals surface area contributed by atoms with E-state index < -0.39 is 39.7 Å². The Hall–Kier alpha value is -4.00. The number of carbonyl (C=O) groups is 3. The van der Waals surface area contributed by atoms with E-state index in [2.05, 4.69) is 16.1 Å². The highest BCUT2D eigenvalue weighted by Gasteiger charge is 2.39. The smallest absolute Gasteiger partial charge is 0.322 e. The highest BCUT2D eigenvalue weighted by molar-refractivity contribution is 7.89. The van der Waals surface area contributed by atoms with E-state index in [-0.39, 0.29) is 28.1 Å². The summed E-state index contributed by atoms with van der Waals surface area (Å²) in [6, 6.07) is 13.7. The fraction of sp³-hybridized carbons (Fsp3) is 0.0870. The molecule has 0 radical (unpaired) electrons. The van der Waals surface area contributed by atoms with Crippen molar-refractivity contribution in [3.63, 3.8) is 0 Å². The van der Waals surface area contributed by atoms with E-state index in [9.17, 15) is 27.2 Å². The molecule has 3 aromatic carbocycles. The standard InChI is InChI=1S/C23H19ClFN5O5S/c24-14-6-8-15(9-7-14)27-23(33)30-19(12-21(31)29-30)22(32)28-18-10-5-13(11-17(18)25)16-3-1-2-4-20(16)36(26,34)35/h1-11,19H,12H2,(H,27,33)(H,28,32)(H,29,31)(H2,26,34,35). The molecule has 1 aliphatic heterocycles. The number of nitrogens with two attached hydrogens (primary N) is 1. The van der Waals surface area contributed by atoms with Gasteiger partial charge in [0.05, 0.1) is 17.0 Å². The third-order valence-corrected chi connectivity index (χ3v) is 6.51. The normalized spacial score (nSPS) is 15.4. The van der Waals surface area contributed by atoms with E-state index >= 15 is 0 Å². The largest absolute Gasteiger partial charge is 0.341 e. The lowest BCUT2D eigenvalue weighted by atomic mass is 10.0. The Kier molecular flexibility index (Phi) is 6.93. The van der Waals surface area contributed by atoms with E-state index in [1.54, 1.807) is 18.2 Å². The van der Waals surface area contributed by atoms with Crippen molar-refractivity contribution in [2.24, 2.45) is 5.14 Å². The van der Waals surface area contributed by atoms with Crippen molar-refractivity contribution in [2.45, 2.75) is 17.4 Å². The Bertz CT molecular complexity index is 1470. The first-order valence-electron chi connectivity index (χ1n) is 10.4. The van der Waals surface area contributed by atoms with Crippen LogP contribution < -0.4 is 21.2 Å². The number of nitrogens with one attached hydrogen (secondary N) is 3. The predicted octanol–water partition coefficient (Wildman–Crippen LogP) is 3.07. The van der Waals surface area contributed by atoms with Crippen molar-refractivity contribution >= 4 is 50.8 Å². The predicted molar refractivity (Wildman–Crippen MR) is 131 cm³/mol. The van der Waals surface area contributed by atoms with E-state index in [0.717, 1.165) is 11.1 Å². The van der Waals surface area contributed by atoms with Crippen molar-refractivity contribution in [2.75, 3.05) is 10.6 Å². The highest BCUT2D eigenvalue weighted by Crippen LogP contribution is 2.29. The van der Waals surface area contributed by atoms with Gasteiger partial charge in [0, 0.05) is 16.3 Å². The highest BCUT2D eigenvalue weighted by atomic mass is 35.5. The Balaban J connectivity index is 1.52. The zero-order valence-electron chi connectivity index (χ0n) is 18.4. The molecular formula is C23H19ClFN5O5S. The monoisotopic (exact) mass is 531 g/mol. The molecule has 5 N–H and O–H groups in total. The minimum absolute atomic E-state index is 0.181. The summed E-state index contributed by atoms with van der Waals surface area (Å²) in [7, 11) is -4.06. The zero-order valence-corrected chi connectivity index (χ0v) is 19.9. The van der Waals surface area contributed by atoms with Crippen LogP contribution >= 0.6 is 11.6 Å². The van der Waals surface area contributed by atoms with Gasteiger partial charge in [0.15, 0.2) is 0 Å². The van der Waals surface area contributed by atoms with Gasteiger partial charge in [0.1, 0.15) is 11.9 Å². The summed E-state index contributed by atoms with van der Waals surface area (Å²) >= 11 is 5.83. The van der Waals surface area contributed by atoms with Gasteiger partial charge in [-0.05, 0) is 48.0 Å². The maximum Gasteiger partial charge on any atom is 0.341 e. The summed E-state index contributed by atoms with van der Waals surface area (Å²) in [6.45, 7) is 0. The van der Waals surface area contributed by atoms with Gasteiger partial charge in [-0.25, -0.2) is 27.8 Å². The number of carbonyl (C=O) groups excluding carboxylic acids is 3. The number of urea groups is 1. The number of hydrogen-bond donors (Lipinski definition) is 4. The Morgan fingerprint density at radius 1 is 1.06 bits per heavy atom. The number of benzene rings is 3. The molecule has 1 fully saturated rings. The molecule has 1 atom stereocenters. The molecule has 36 heavy (non-hydrogen) atoms. The van der Waals surface area contributed by atoms with E-state index in [4.69, 9.17) is 16.7 Å². The molecule has 0 aromatic heterocycles. The number of primary sulfonamides is 1. The van der Waals surface area contributed by atoms with Gasteiger partial charge in [-0.3, -0.25) is 15.0 Å². The lowest BCUT2D eigenvalue weighted by Crippen LogP contribution is -2.50. The molecule has 1 saturated heterocycles. The molecule has 186 valence electrons. The molecule has 4 rings (SSSR count). The maximum absolute atomic E-state index is 14.9. The molecule has 10 nitrogen and oxygen atoms in total. The molecule has 1 aliphatic rings. The zero-order chi connectivity index (χ0) is 26.0.